The van der Waals surface area contributed by atoms with E-state index in [1.54, 1.807) is 11.1 Å². The van der Waals surface area contributed by atoms with Gasteiger partial charge >= 0.3 is 0 Å². The van der Waals surface area contributed by atoms with Crippen molar-refractivity contribution in [3.05, 3.63) is 82.9 Å². The van der Waals surface area contributed by atoms with Crippen LogP contribution in [-0.2, 0) is 17.6 Å². The van der Waals surface area contributed by atoms with Crippen LogP contribution in [0.1, 0.15) is 243 Å². The zero-order chi connectivity index (χ0) is 43.9. The predicted octanol–water partition coefficient (Wildman–Crippen LogP) is 19.0. The molecule has 0 N–H and O–H groups in total. The van der Waals surface area contributed by atoms with Crippen LogP contribution in [0.4, 0.5) is 0 Å². The van der Waals surface area contributed by atoms with Gasteiger partial charge in [0.1, 0.15) is 0 Å². The van der Waals surface area contributed by atoms with E-state index >= 15 is 0 Å². The fourth-order valence-electron chi connectivity index (χ4n) is 13.2. The lowest BCUT2D eigenvalue weighted by Crippen LogP contribution is -2.17. The smallest absolute Gasteiger partial charge is 0.0657 e. The van der Waals surface area contributed by atoms with Crippen molar-refractivity contribution in [3.8, 4) is 0 Å². The molecule has 4 aliphatic rings. The van der Waals surface area contributed by atoms with Crippen LogP contribution in [0.5, 0.6) is 0 Å². The monoisotopic (exact) mass is 859 g/mol. The Morgan fingerprint density at radius 2 is 0.698 bits per heavy atom. The maximum absolute atomic E-state index is 6.64. The number of unbranched alkanes of at least 4 members (excludes halogenated alkanes) is 4. The Morgan fingerprint density at radius 1 is 0.381 bits per heavy atom. The highest BCUT2D eigenvalue weighted by Gasteiger charge is 2.27. The van der Waals surface area contributed by atoms with Gasteiger partial charge in [-0.25, -0.2) is 0 Å². The van der Waals surface area contributed by atoms with E-state index in [2.05, 4.69) is 88.4 Å². The fourth-order valence-corrected chi connectivity index (χ4v) is 13.2. The second-order valence-electron chi connectivity index (χ2n) is 22.1. The molecule has 4 fully saturated rings. The summed E-state index contributed by atoms with van der Waals surface area (Å²) in [5, 5.41) is 0. The number of benzene rings is 2. The molecule has 6 rings (SSSR count). The van der Waals surface area contributed by atoms with Crippen molar-refractivity contribution in [1.82, 2.24) is 0 Å². The van der Waals surface area contributed by atoms with Gasteiger partial charge in [0.2, 0.25) is 0 Å². The molecule has 0 atom stereocenters. The molecular weight excluding hydrogens is 761 g/mol. The van der Waals surface area contributed by atoms with Crippen molar-refractivity contribution in [2.24, 2.45) is 47.3 Å². The summed E-state index contributed by atoms with van der Waals surface area (Å²) in [6.07, 6.45) is 49.7. The number of rotatable bonds is 26. The van der Waals surface area contributed by atoms with E-state index in [0.29, 0.717) is 25.0 Å². The first kappa shape index (κ1) is 50.3. The first-order valence-electron chi connectivity index (χ1n) is 28.2. The summed E-state index contributed by atoms with van der Waals surface area (Å²) in [6.45, 7) is 10.8. The minimum absolute atomic E-state index is 0.661. The van der Waals surface area contributed by atoms with Gasteiger partial charge in [-0.3, -0.25) is 0 Å². The molecule has 2 aromatic carbocycles. The lowest BCUT2D eigenvalue weighted by atomic mass is 9.75. The molecule has 0 bridgehead atoms. The molecule has 63 heavy (non-hydrogen) atoms. The molecule has 0 radical (unpaired) electrons. The molecule has 0 heterocycles. The van der Waals surface area contributed by atoms with Gasteiger partial charge < -0.3 is 4.74 Å². The summed E-state index contributed by atoms with van der Waals surface area (Å²) >= 11 is 0. The van der Waals surface area contributed by atoms with Crippen LogP contribution >= 0.6 is 0 Å². The van der Waals surface area contributed by atoms with Gasteiger partial charge in [-0.2, -0.15) is 0 Å². The zero-order valence-electron chi connectivity index (χ0n) is 41.8. The van der Waals surface area contributed by atoms with Crippen LogP contribution in [0.15, 0.2) is 60.7 Å². The Labute approximate surface area is 390 Å². The summed E-state index contributed by atoms with van der Waals surface area (Å²) < 4.78 is 6.64. The third-order valence-electron chi connectivity index (χ3n) is 17.4. The van der Waals surface area contributed by atoms with Crippen molar-refractivity contribution in [3.63, 3.8) is 0 Å². The predicted molar refractivity (Wildman–Crippen MR) is 276 cm³/mol. The van der Waals surface area contributed by atoms with Crippen molar-refractivity contribution < 1.29 is 4.74 Å². The highest BCUT2D eigenvalue weighted by atomic mass is 16.5. The Bertz CT molecular complexity index is 1410. The molecule has 0 amide bonds. The minimum Gasteiger partial charge on any atom is -0.373 e. The van der Waals surface area contributed by atoms with Gasteiger partial charge in [-0.15, -0.1) is 0 Å². The lowest BCUT2D eigenvalue weighted by Gasteiger charge is -2.31. The van der Waals surface area contributed by atoms with E-state index in [1.165, 1.54) is 228 Å². The molecule has 0 aliphatic heterocycles. The second-order valence-corrected chi connectivity index (χ2v) is 22.1. The van der Waals surface area contributed by atoms with Gasteiger partial charge in [0, 0.05) is 0 Å². The number of allylic oxidation sites excluding steroid dienone is 2. The number of aryl methyl sites for hydroxylation is 2. The largest absolute Gasteiger partial charge is 0.373 e. The summed E-state index contributed by atoms with van der Waals surface area (Å²) in [6, 6.07) is 19.8. The molecule has 0 unspecified atom stereocenters. The summed E-state index contributed by atoms with van der Waals surface area (Å²) in [5.74, 6) is 7.07. The molecule has 2 aromatic rings. The molecule has 352 valence electrons. The molecule has 0 saturated heterocycles. The van der Waals surface area contributed by atoms with Crippen molar-refractivity contribution in [2.45, 2.75) is 233 Å². The van der Waals surface area contributed by atoms with Crippen LogP contribution < -0.4 is 0 Å². The molecule has 4 aliphatic carbocycles. The van der Waals surface area contributed by atoms with Gasteiger partial charge in [0.05, 0.1) is 13.2 Å². The maximum atomic E-state index is 6.64. The number of hydrogen-bond acceptors (Lipinski definition) is 1. The lowest BCUT2D eigenvalue weighted by molar-refractivity contribution is 0.193. The first-order valence-corrected chi connectivity index (χ1v) is 28.2. The fraction of sp³-hybridized carbons (Fsp3) is 0.742. The van der Waals surface area contributed by atoms with Crippen molar-refractivity contribution in [2.75, 3.05) is 13.2 Å². The van der Waals surface area contributed by atoms with Crippen LogP contribution in [0, 0.1) is 47.3 Å². The second kappa shape index (κ2) is 28.8. The van der Waals surface area contributed by atoms with E-state index < -0.39 is 0 Å². The maximum Gasteiger partial charge on any atom is 0.0657 e. The van der Waals surface area contributed by atoms with Crippen LogP contribution in [-0.4, -0.2) is 13.2 Å². The summed E-state index contributed by atoms with van der Waals surface area (Å²) in [5.41, 5.74) is 9.11. The van der Waals surface area contributed by atoms with E-state index in [-0.39, 0.29) is 0 Å². The van der Waals surface area contributed by atoms with Crippen LogP contribution in [0.3, 0.4) is 0 Å². The Kier molecular flexibility index (Phi) is 23.0. The van der Waals surface area contributed by atoms with E-state index in [1.807, 2.05) is 0 Å². The van der Waals surface area contributed by atoms with Crippen molar-refractivity contribution in [1.29, 1.82) is 0 Å². The van der Waals surface area contributed by atoms with E-state index in [4.69, 9.17) is 4.74 Å². The average molecular weight is 859 g/mol. The highest BCUT2D eigenvalue weighted by molar-refractivity contribution is 5.69. The third-order valence-corrected chi connectivity index (χ3v) is 17.4. The molecule has 1 heteroatoms. The standard InChI is InChI=1S/C62H98O/c1-5-9-11-15-51-29-37-57(38-30-51)61(59-41-33-55(34-42-59)27-25-53-21-17-49(13-7-3)18-22-53)45-47-63-48-46-62(58-39-31-52(32-40-58)16-12-10-6-2)60-43-35-56(36-44-60)28-26-54-23-19-50(14-8-4)20-24-54/h33-36,41-46,49-54,57-58H,5-32,37-40,47-48H2,1-4H3/t49-,50-,51-,52-,53-,54-,57-,58-. The normalized spacial score (nSPS) is 27.4. The Balaban J connectivity index is 1.08. The van der Waals surface area contributed by atoms with Gasteiger partial charge in [0.25, 0.3) is 0 Å². The molecule has 4 saturated carbocycles. The summed E-state index contributed by atoms with van der Waals surface area (Å²) in [7, 11) is 0. The average Bonchev–Trinajstić information content (AvgIpc) is 3.32. The first-order chi connectivity index (χ1) is 31.0. The van der Waals surface area contributed by atoms with Gasteiger partial charge in [0.15, 0.2) is 0 Å². The van der Waals surface area contributed by atoms with Gasteiger partial charge in [-0.05, 0) is 158 Å². The van der Waals surface area contributed by atoms with Crippen LogP contribution in [0.25, 0.3) is 11.1 Å². The SMILES string of the molecule is CCCCC[C@H]1CC[C@H](C(=CCOCC=C(c2ccc(CC[C@H]3CC[C@H](CCC)CC3)cc2)[C@H]2CC[C@H](CCCCC)CC2)c2ccc(CC[C@H]3CC[C@H](CCC)CC3)cc2)CC1. The van der Waals surface area contributed by atoms with Gasteiger partial charge in [-0.1, -0.05) is 217 Å². The molecular formula is C62H98O. The molecule has 0 aromatic heterocycles. The number of ether oxygens (including phenoxy) is 1. The minimum atomic E-state index is 0.661. The zero-order valence-corrected chi connectivity index (χ0v) is 41.8. The molecule has 1 nitrogen and oxygen atoms in total. The third kappa shape index (κ3) is 17.2. The number of hydrogen-bond donors (Lipinski definition) is 0. The topological polar surface area (TPSA) is 9.23 Å². The van der Waals surface area contributed by atoms with E-state index in [0.717, 1.165) is 35.5 Å². The highest BCUT2D eigenvalue weighted by Crippen LogP contribution is 2.42. The van der Waals surface area contributed by atoms with E-state index in [9.17, 15) is 0 Å². The Hall–Kier alpha value is -2.12. The van der Waals surface area contributed by atoms with Crippen molar-refractivity contribution >= 4 is 11.1 Å². The summed E-state index contributed by atoms with van der Waals surface area (Å²) in [4.78, 5) is 0. The molecule has 0 spiro atoms. The van der Waals surface area contributed by atoms with Crippen LogP contribution in [0.2, 0.25) is 0 Å². The quantitative estimate of drug-likeness (QED) is 0.0857. The Morgan fingerprint density at radius 3 is 1.03 bits per heavy atom.